The monoisotopic (exact) mass is 700 g/mol. The summed E-state index contributed by atoms with van der Waals surface area (Å²) in [6.07, 6.45) is 6.86. The topological polar surface area (TPSA) is 0 Å². The van der Waals surface area contributed by atoms with Crippen molar-refractivity contribution in [2.24, 2.45) is 5.92 Å². The zero-order valence-corrected chi connectivity index (χ0v) is 33.7. The van der Waals surface area contributed by atoms with Crippen LogP contribution in [0.1, 0.15) is 77.6 Å². The summed E-state index contributed by atoms with van der Waals surface area (Å²) >= 11 is 1.30. The summed E-state index contributed by atoms with van der Waals surface area (Å²) in [4.78, 5) is 0. The van der Waals surface area contributed by atoms with Gasteiger partial charge in [-0.05, 0) is 25.3 Å². The quantitative estimate of drug-likeness (QED) is 0.121. The van der Waals surface area contributed by atoms with Crippen LogP contribution in [0.2, 0.25) is 19.6 Å². The molecule has 0 amide bonds. The molecule has 2 aliphatic rings. The molecule has 1 unspecified atom stereocenters. The van der Waals surface area contributed by atoms with Crippen molar-refractivity contribution in [3.05, 3.63) is 154 Å². The van der Waals surface area contributed by atoms with Gasteiger partial charge in [0, 0.05) is 0 Å². The van der Waals surface area contributed by atoms with Crippen LogP contribution in [0.25, 0.3) is 11.1 Å². The van der Waals surface area contributed by atoms with E-state index in [1.165, 1.54) is 63.2 Å². The molecule has 242 valence electrons. The fourth-order valence-corrected chi connectivity index (χ4v) is 7.37. The van der Waals surface area contributed by atoms with Crippen LogP contribution in [0, 0.1) is 30.2 Å². The molecule has 2 aliphatic carbocycles. The fourth-order valence-electron chi connectivity index (χ4n) is 5.42. The van der Waals surface area contributed by atoms with Gasteiger partial charge in [-0.15, -0.1) is 5.56 Å². The molecule has 1 atom stereocenters. The predicted molar refractivity (Wildman–Crippen MR) is 202 cm³/mol. The van der Waals surface area contributed by atoms with Crippen molar-refractivity contribution < 1.29 is 24.2 Å². The first-order chi connectivity index (χ1) is 21.6. The van der Waals surface area contributed by atoms with Crippen LogP contribution in [0.15, 0.2) is 108 Å². The van der Waals surface area contributed by atoms with Gasteiger partial charge in [0.2, 0.25) is 0 Å². The molecule has 0 bridgehead atoms. The standard InChI is InChI=1S/C13H9.C10H17Si.2C10H13.CH2.Zr/c1-3-7-12-10(5-1)9-11-6-2-4-8-13(11)12;1-8-6-9(2)10(7-8)11(3,4)5;2*1-10(2,3)9-7-5-4-6-8-9;;/h1-5,7-8H,9H2;7-8H,1-5H3;2*5-8H,1-3H3;1H2;/q4*-1;;. The molecule has 4 aromatic rings. The van der Waals surface area contributed by atoms with E-state index in [1.54, 1.807) is 5.20 Å². The van der Waals surface area contributed by atoms with E-state index in [2.05, 4.69) is 170 Å². The molecule has 0 spiro atoms. The third kappa shape index (κ3) is 12.5. The average Bonchev–Trinajstić information content (AvgIpc) is 3.58. The Bertz CT molecular complexity index is 1450. The van der Waals surface area contributed by atoms with E-state index < -0.39 is 8.07 Å². The van der Waals surface area contributed by atoms with Crippen molar-refractivity contribution in [1.29, 1.82) is 0 Å². The zero-order chi connectivity index (χ0) is 34.5. The average molecular weight is 702 g/mol. The molecule has 2 heteroatoms. The first-order valence-corrected chi connectivity index (χ1v) is 21.5. The van der Waals surface area contributed by atoms with E-state index in [0.29, 0.717) is 5.92 Å². The van der Waals surface area contributed by atoms with Crippen molar-refractivity contribution >= 4 is 12.3 Å². The smallest absolute Gasteiger partial charge is 0.0253 e. The molecule has 0 fully saturated rings. The van der Waals surface area contributed by atoms with Crippen LogP contribution >= 0.6 is 0 Å². The molecule has 0 saturated heterocycles. The Morgan fingerprint density at radius 3 is 1.57 bits per heavy atom. The Kier molecular flexibility index (Phi) is 15.5. The summed E-state index contributed by atoms with van der Waals surface area (Å²) in [5, 5.41) is 1.60. The number of hydrogen-bond acceptors (Lipinski definition) is 0. The van der Waals surface area contributed by atoms with Gasteiger partial charge in [0.15, 0.2) is 0 Å². The second-order valence-electron chi connectivity index (χ2n) is 14.9. The molecule has 0 aromatic heterocycles. The largest absolute Gasteiger partial charge is 0.179 e. The van der Waals surface area contributed by atoms with Gasteiger partial charge in [-0.25, -0.2) is 10.8 Å². The summed E-state index contributed by atoms with van der Waals surface area (Å²) in [5.41, 5.74) is 10.2. The van der Waals surface area contributed by atoms with Crippen molar-refractivity contribution in [2.45, 2.75) is 92.3 Å². The molecule has 46 heavy (non-hydrogen) atoms. The van der Waals surface area contributed by atoms with Crippen molar-refractivity contribution in [3.8, 4) is 11.1 Å². The minimum atomic E-state index is -1.07. The second-order valence-corrected chi connectivity index (χ2v) is 19.9. The van der Waals surface area contributed by atoms with E-state index in [-0.39, 0.29) is 10.8 Å². The first-order valence-electron chi connectivity index (χ1n) is 16.3. The summed E-state index contributed by atoms with van der Waals surface area (Å²) < 4.78 is 3.34. The van der Waals surface area contributed by atoms with Crippen molar-refractivity contribution in [1.82, 2.24) is 0 Å². The molecule has 4 aromatic carbocycles. The maximum absolute atomic E-state index is 3.43. The molecular weight excluding hydrogens is 648 g/mol. The number of hydrogen-bond donors (Lipinski definition) is 0. The summed E-state index contributed by atoms with van der Waals surface area (Å²) in [5.74, 6) is 0.553. The van der Waals surface area contributed by atoms with E-state index in [1.807, 2.05) is 30.3 Å². The van der Waals surface area contributed by atoms with Crippen LogP contribution < -0.4 is 0 Å². The van der Waals surface area contributed by atoms with Crippen molar-refractivity contribution in [2.75, 3.05) is 0 Å². The molecule has 0 heterocycles. The van der Waals surface area contributed by atoms with E-state index in [0.717, 1.165) is 6.42 Å². The Balaban J connectivity index is 0.000000211. The zero-order valence-electron chi connectivity index (χ0n) is 30.2. The van der Waals surface area contributed by atoms with Crippen LogP contribution in [0.4, 0.5) is 0 Å². The Morgan fingerprint density at radius 1 is 0.696 bits per heavy atom. The predicted octanol–water partition coefficient (Wildman–Crippen LogP) is 11.8. The normalized spacial score (nSPS) is 14.5. The van der Waals surface area contributed by atoms with Gasteiger partial charge < -0.3 is 0 Å². The first kappa shape index (κ1) is 39.5. The Hall–Kier alpha value is -2.67. The maximum Gasteiger partial charge on any atom is -0.0253 e. The molecule has 0 radical (unpaired) electrons. The Morgan fingerprint density at radius 2 is 1.17 bits per heavy atom. The number of fused-ring (bicyclic) bond motifs is 3. The summed E-state index contributed by atoms with van der Waals surface area (Å²) in [7, 11) is -1.07. The molecule has 6 rings (SSSR count). The number of allylic oxidation sites excluding steroid dienone is 4. The van der Waals surface area contributed by atoms with Crippen LogP contribution in [-0.4, -0.2) is 12.3 Å². The van der Waals surface area contributed by atoms with Gasteiger partial charge in [0.25, 0.3) is 0 Å². The van der Waals surface area contributed by atoms with Gasteiger partial charge in [-0.3, -0.25) is 6.08 Å². The number of benzene rings is 4. The van der Waals surface area contributed by atoms with E-state index in [9.17, 15) is 0 Å². The minimum Gasteiger partial charge on any atom is -0.179 e. The Labute approximate surface area is 298 Å². The third-order valence-electron chi connectivity index (χ3n) is 7.86. The molecule has 0 N–H and O–H groups in total. The van der Waals surface area contributed by atoms with Crippen LogP contribution in [-0.2, 0) is 41.5 Å². The van der Waals surface area contributed by atoms with Gasteiger partial charge in [0.1, 0.15) is 0 Å². The summed E-state index contributed by atoms with van der Waals surface area (Å²) in [6.45, 7) is 24.8. The fraction of sp³-hybridized carbons (Fsp3) is 0.341. The maximum atomic E-state index is 3.43. The van der Waals surface area contributed by atoms with Gasteiger partial charge >= 0.3 is 28.4 Å². The number of rotatable bonds is 1. The van der Waals surface area contributed by atoms with Crippen molar-refractivity contribution in [3.63, 3.8) is 0 Å². The SMILES string of the molecule is CC(C)(C)c1cc[c-]cc1.CC(C)(C)c1cc[c-]cc1.CC1=[C-]C(C)C=C1[Si](C)(C)C.[CH2]=[Zr].[c-]1cccc2c1Cc1ccccc1-2. The van der Waals surface area contributed by atoms with Gasteiger partial charge in [-0.1, -0.05) is 116 Å². The van der Waals surface area contributed by atoms with Crippen LogP contribution in [0.5, 0.6) is 0 Å². The van der Waals surface area contributed by atoms with Gasteiger partial charge in [0.05, 0.1) is 0 Å². The molecule has 0 aliphatic heterocycles. The van der Waals surface area contributed by atoms with E-state index in [4.69, 9.17) is 0 Å². The van der Waals surface area contributed by atoms with E-state index >= 15 is 0 Å². The van der Waals surface area contributed by atoms with Crippen LogP contribution in [0.3, 0.4) is 0 Å². The van der Waals surface area contributed by atoms with Gasteiger partial charge in [-0.2, -0.15) is 108 Å². The third-order valence-corrected chi connectivity index (χ3v) is 10.0. The molecule has 0 nitrogen and oxygen atoms in total. The summed E-state index contributed by atoms with van der Waals surface area (Å²) in [6, 6.07) is 40.4. The molecular formula is C44H54SiZr-4. The second kappa shape index (κ2) is 18.0. The minimum absolute atomic E-state index is 0.273. The molecule has 0 saturated carbocycles.